The zero-order chi connectivity index (χ0) is 26.3. The summed E-state index contributed by atoms with van der Waals surface area (Å²) in [4.78, 5) is 17.6. The van der Waals surface area contributed by atoms with Crippen LogP contribution in [-0.2, 0) is 23.2 Å². The monoisotopic (exact) mass is 498 g/mol. The first-order valence-corrected chi connectivity index (χ1v) is 13.5. The van der Waals surface area contributed by atoms with E-state index >= 15 is 0 Å². The number of benzene rings is 3. The number of hydrogen-bond acceptors (Lipinski definition) is 5. The second-order valence-electron chi connectivity index (χ2n) is 10.7. The van der Waals surface area contributed by atoms with Crippen LogP contribution in [0.2, 0.25) is 0 Å². The number of hydrogen-bond donors (Lipinski definition) is 0. The maximum atomic E-state index is 13.3. The molecule has 2 aliphatic heterocycles. The molecule has 0 saturated carbocycles. The van der Waals surface area contributed by atoms with Gasteiger partial charge in [0.25, 0.3) is 0 Å². The number of ether oxygens (including phenoxy) is 2. The van der Waals surface area contributed by atoms with Gasteiger partial charge in [-0.25, -0.2) is 4.79 Å². The molecule has 1 spiro atoms. The van der Waals surface area contributed by atoms with Crippen LogP contribution in [0, 0.1) is 0 Å². The summed E-state index contributed by atoms with van der Waals surface area (Å²) in [7, 11) is 8.27. The third-order valence-electron chi connectivity index (χ3n) is 7.68. The van der Waals surface area contributed by atoms with Crippen molar-refractivity contribution in [1.82, 2.24) is 0 Å². The molecule has 37 heavy (non-hydrogen) atoms. The van der Waals surface area contributed by atoms with Crippen molar-refractivity contribution in [2.75, 3.05) is 38.0 Å². The van der Waals surface area contributed by atoms with E-state index in [-0.39, 0.29) is 5.97 Å². The predicted octanol–water partition coefficient (Wildman–Crippen LogP) is 7.07. The van der Waals surface area contributed by atoms with Crippen molar-refractivity contribution < 1.29 is 14.3 Å². The lowest BCUT2D eigenvalue weighted by Crippen LogP contribution is -2.34. The van der Waals surface area contributed by atoms with Crippen molar-refractivity contribution in [3.05, 3.63) is 81.9 Å². The van der Waals surface area contributed by atoms with Crippen molar-refractivity contribution in [3.8, 4) is 11.5 Å². The van der Waals surface area contributed by atoms with Crippen molar-refractivity contribution in [2.24, 2.45) is 0 Å². The Labute approximate surface area is 221 Å². The first kappa shape index (κ1) is 25.2. The lowest BCUT2D eigenvalue weighted by atomic mass is 9.76. The Balaban J connectivity index is 1.83. The highest BCUT2D eigenvalue weighted by Gasteiger charge is 2.54. The molecule has 3 aromatic carbocycles. The molecule has 0 fully saturated rings. The second kappa shape index (κ2) is 9.77. The first-order chi connectivity index (χ1) is 17.8. The van der Waals surface area contributed by atoms with Gasteiger partial charge in [-0.1, -0.05) is 44.9 Å². The molecule has 0 N–H and O–H groups in total. The molecule has 5 nitrogen and oxygen atoms in total. The van der Waals surface area contributed by atoms with E-state index in [2.05, 4.69) is 76.1 Å². The molecule has 0 bridgehead atoms. The molecule has 0 aliphatic carbocycles. The SMILES string of the molecule is CCCCc1cc2c(cc1N(C)C)Oc1cc(N(C)C)c(CCCC)cc1C21OC(=O)c2ccccc21. The molecule has 3 aromatic rings. The number of carbonyl (C=O) groups is 1. The first-order valence-electron chi connectivity index (χ1n) is 13.5. The molecule has 0 atom stereocenters. The van der Waals surface area contributed by atoms with Crippen LogP contribution in [0.15, 0.2) is 48.5 Å². The van der Waals surface area contributed by atoms with E-state index in [1.165, 1.54) is 11.1 Å². The molecule has 2 heterocycles. The Morgan fingerprint density at radius 3 is 1.73 bits per heavy atom. The van der Waals surface area contributed by atoms with Crippen LogP contribution in [0.1, 0.15) is 77.7 Å². The summed E-state index contributed by atoms with van der Waals surface area (Å²) in [6.45, 7) is 4.42. The van der Waals surface area contributed by atoms with Gasteiger partial charge in [-0.05, 0) is 55.0 Å². The average molecular weight is 499 g/mol. The molecule has 0 saturated heterocycles. The normalized spacial score (nSPS) is 14.5. The maximum Gasteiger partial charge on any atom is 0.340 e. The Hall–Kier alpha value is -3.47. The Morgan fingerprint density at radius 2 is 1.24 bits per heavy atom. The number of esters is 1. The fraction of sp³-hybridized carbons (Fsp3) is 0.406. The van der Waals surface area contributed by atoms with Crippen LogP contribution >= 0.6 is 0 Å². The lowest BCUT2D eigenvalue weighted by Gasteiger charge is -2.38. The van der Waals surface area contributed by atoms with Crippen LogP contribution in [0.4, 0.5) is 11.4 Å². The molecule has 5 heteroatoms. The van der Waals surface area contributed by atoms with Crippen LogP contribution in [0.25, 0.3) is 0 Å². The predicted molar refractivity (Wildman–Crippen MR) is 151 cm³/mol. The number of carbonyl (C=O) groups excluding carboxylic acids is 1. The minimum atomic E-state index is -1.03. The minimum absolute atomic E-state index is 0.284. The van der Waals surface area contributed by atoms with Crippen LogP contribution in [0.5, 0.6) is 11.5 Å². The average Bonchev–Trinajstić information content (AvgIpc) is 3.18. The zero-order valence-corrected chi connectivity index (χ0v) is 23.0. The highest BCUT2D eigenvalue weighted by molar-refractivity contribution is 5.97. The molecule has 194 valence electrons. The summed E-state index contributed by atoms with van der Waals surface area (Å²) >= 11 is 0. The van der Waals surface area contributed by atoms with E-state index in [1.807, 2.05) is 24.3 Å². The summed E-state index contributed by atoms with van der Waals surface area (Å²) in [5.74, 6) is 1.20. The van der Waals surface area contributed by atoms with Gasteiger partial charge in [-0.3, -0.25) is 0 Å². The number of rotatable bonds is 8. The van der Waals surface area contributed by atoms with Gasteiger partial charge >= 0.3 is 5.97 Å². The van der Waals surface area contributed by atoms with Gasteiger partial charge < -0.3 is 19.3 Å². The third-order valence-corrected chi connectivity index (χ3v) is 7.68. The van der Waals surface area contributed by atoms with E-state index in [9.17, 15) is 4.79 Å². The van der Waals surface area contributed by atoms with Gasteiger partial charge in [-0.2, -0.15) is 0 Å². The lowest BCUT2D eigenvalue weighted by molar-refractivity contribution is 0.0224. The Morgan fingerprint density at radius 1 is 0.730 bits per heavy atom. The number of anilines is 2. The Bertz CT molecular complexity index is 1270. The summed E-state index contributed by atoms with van der Waals surface area (Å²) in [6, 6.07) is 16.5. The number of unbranched alkanes of at least 4 members (excludes halogenated alkanes) is 2. The third kappa shape index (κ3) is 4.05. The van der Waals surface area contributed by atoms with Crippen LogP contribution in [0.3, 0.4) is 0 Å². The summed E-state index contributed by atoms with van der Waals surface area (Å²) in [6.07, 6.45) is 6.32. The highest BCUT2D eigenvalue weighted by atomic mass is 16.6. The zero-order valence-electron chi connectivity index (χ0n) is 23.0. The summed E-state index contributed by atoms with van der Waals surface area (Å²) in [5.41, 5.74) is 7.06. The van der Waals surface area contributed by atoms with Crippen LogP contribution in [-0.4, -0.2) is 34.2 Å². The van der Waals surface area contributed by atoms with Crippen molar-refractivity contribution in [1.29, 1.82) is 0 Å². The summed E-state index contributed by atoms with van der Waals surface area (Å²) < 4.78 is 13.2. The molecule has 0 amide bonds. The molecule has 2 aliphatic rings. The fourth-order valence-corrected chi connectivity index (χ4v) is 5.80. The van der Waals surface area contributed by atoms with E-state index < -0.39 is 5.60 Å². The molecular weight excluding hydrogens is 460 g/mol. The number of fused-ring (bicyclic) bond motifs is 6. The van der Waals surface area contributed by atoms with Crippen molar-refractivity contribution in [3.63, 3.8) is 0 Å². The standard InChI is InChI=1S/C32H38N2O3/c1-7-9-13-21-17-25-29(19-27(21)33(3)4)36-30-20-28(34(5)6)22(14-10-8-2)18-26(30)32(25)24-16-12-11-15-23(24)31(35)37-32/h11-12,15-20H,7-10,13-14H2,1-6H3. The second-order valence-corrected chi connectivity index (χ2v) is 10.7. The molecular formula is C32H38N2O3. The van der Waals surface area contributed by atoms with Crippen molar-refractivity contribution in [2.45, 2.75) is 58.0 Å². The molecule has 5 rings (SSSR count). The molecule has 0 aromatic heterocycles. The van der Waals surface area contributed by atoms with Gasteiger partial charge in [-0.15, -0.1) is 0 Å². The fourth-order valence-electron chi connectivity index (χ4n) is 5.80. The van der Waals surface area contributed by atoms with Gasteiger partial charge in [0.2, 0.25) is 0 Å². The van der Waals surface area contributed by atoms with E-state index in [0.717, 1.165) is 78.1 Å². The summed E-state index contributed by atoms with van der Waals surface area (Å²) in [5, 5.41) is 0. The van der Waals surface area contributed by atoms with E-state index in [0.29, 0.717) is 5.56 Å². The molecule has 0 unspecified atom stereocenters. The van der Waals surface area contributed by atoms with E-state index in [4.69, 9.17) is 9.47 Å². The quantitative estimate of drug-likeness (QED) is 0.311. The highest BCUT2D eigenvalue weighted by Crippen LogP contribution is 2.58. The van der Waals surface area contributed by atoms with Gasteiger partial charge in [0.15, 0.2) is 5.60 Å². The molecule has 0 radical (unpaired) electrons. The van der Waals surface area contributed by atoms with Crippen LogP contribution < -0.4 is 14.5 Å². The number of nitrogens with zero attached hydrogens (tertiary/aromatic N) is 2. The maximum absolute atomic E-state index is 13.3. The van der Waals surface area contributed by atoms with Gasteiger partial charge in [0.05, 0.1) is 5.56 Å². The number of aryl methyl sites for hydroxylation is 2. The van der Waals surface area contributed by atoms with Gasteiger partial charge in [0, 0.05) is 68.4 Å². The van der Waals surface area contributed by atoms with E-state index in [1.54, 1.807) is 0 Å². The van der Waals surface area contributed by atoms with Crippen molar-refractivity contribution >= 4 is 17.3 Å². The topological polar surface area (TPSA) is 42.0 Å². The largest absolute Gasteiger partial charge is 0.456 e. The smallest absolute Gasteiger partial charge is 0.340 e. The van der Waals surface area contributed by atoms with Gasteiger partial charge in [0.1, 0.15) is 11.5 Å². The minimum Gasteiger partial charge on any atom is -0.456 e. The Kier molecular flexibility index (Phi) is 6.65.